The molecule has 8 heteroatoms. The van der Waals surface area contributed by atoms with Crippen LogP contribution in [0.5, 0.6) is 0 Å². The van der Waals surface area contributed by atoms with Crippen LogP contribution in [0.1, 0.15) is 10.4 Å². The van der Waals surface area contributed by atoms with Crippen molar-refractivity contribution in [2.75, 3.05) is 24.9 Å². The summed E-state index contributed by atoms with van der Waals surface area (Å²) in [5.74, 6) is -0.536. The van der Waals surface area contributed by atoms with Crippen molar-refractivity contribution >= 4 is 21.9 Å². The summed E-state index contributed by atoms with van der Waals surface area (Å²) in [5.41, 5.74) is 5.72. The van der Waals surface area contributed by atoms with Gasteiger partial charge in [0.15, 0.2) is 0 Å². The Hall–Kier alpha value is -1.64. The molecule has 0 saturated carbocycles. The van der Waals surface area contributed by atoms with Gasteiger partial charge >= 0.3 is 5.97 Å². The van der Waals surface area contributed by atoms with Gasteiger partial charge in [-0.3, -0.25) is 4.72 Å². The quantitative estimate of drug-likeness (QED) is 0.615. The predicted molar refractivity (Wildman–Crippen MR) is 67.4 cm³/mol. The van der Waals surface area contributed by atoms with E-state index in [2.05, 4.69) is 14.2 Å². The van der Waals surface area contributed by atoms with Gasteiger partial charge in [-0.2, -0.15) is 13.1 Å². The van der Waals surface area contributed by atoms with E-state index in [1.807, 2.05) is 0 Å². The molecular weight excluding hydrogens is 258 g/mol. The molecule has 0 saturated heterocycles. The topological polar surface area (TPSA) is 111 Å². The highest BCUT2D eigenvalue weighted by Crippen LogP contribution is 2.12. The van der Waals surface area contributed by atoms with Crippen LogP contribution in [0.2, 0.25) is 0 Å². The number of esters is 1. The number of ether oxygens (including phenoxy) is 1. The highest BCUT2D eigenvalue weighted by atomic mass is 32.2. The lowest BCUT2D eigenvalue weighted by Crippen LogP contribution is -2.33. The fourth-order valence-electron chi connectivity index (χ4n) is 1.21. The molecule has 0 radical (unpaired) electrons. The van der Waals surface area contributed by atoms with Gasteiger partial charge in [0.1, 0.15) is 0 Å². The third-order valence-electron chi connectivity index (χ3n) is 1.97. The maximum Gasteiger partial charge on any atom is 0.337 e. The minimum Gasteiger partial charge on any atom is -0.465 e. The number of nitrogens with one attached hydrogen (secondary N) is 2. The normalized spacial score (nSPS) is 11.0. The van der Waals surface area contributed by atoms with Gasteiger partial charge in [0.25, 0.3) is 10.2 Å². The second kappa shape index (κ2) is 6.34. The molecule has 0 fully saturated rings. The van der Waals surface area contributed by atoms with Gasteiger partial charge in [-0.1, -0.05) is 6.07 Å². The van der Waals surface area contributed by atoms with Gasteiger partial charge in [-0.05, 0) is 18.2 Å². The van der Waals surface area contributed by atoms with E-state index in [0.29, 0.717) is 0 Å². The Balaban J connectivity index is 2.82. The number of carbonyl (C=O) groups excluding carboxylic acids is 1. The third kappa shape index (κ3) is 4.32. The van der Waals surface area contributed by atoms with Crippen LogP contribution >= 0.6 is 0 Å². The first-order valence-corrected chi connectivity index (χ1v) is 6.62. The molecule has 100 valence electrons. The van der Waals surface area contributed by atoms with Crippen LogP contribution in [0.25, 0.3) is 0 Å². The summed E-state index contributed by atoms with van der Waals surface area (Å²) in [7, 11) is -2.43. The number of hydrogen-bond acceptors (Lipinski definition) is 5. The highest BCUT2D eigenvalue weighted by Gasteiger charge is 2.10. The van der Waals surface area contributed by atoms with Crippen LogP contribution in [-0.4, -0.2) is 34.6 Å². The van der Waals surface area contributed by atoms with Gasteiger partial charge in [-0.15, -0.1) is 0 Å². The number of methoxy groups -OCH3 is 1. The van der Waals surface area contributed by atoms with Crippen molar-refractivity contribution in [3.8, 4) is 0 Å². The molecule has 0 amide bonds. The number of carbonyl (C=O) groups is 1. The third-order valence-corrected chi connectivity index (χ3v) is 3.06. The molecular formula is C10H15N3O4S. The number of nitrogens with two attached hydrogens (primary N) is 1. The zero-order valence-corrected chi connectivity index (χ0v) is 10.7. The molecule has 0 aromatic heterocycles. The van der Waals surface area contributed by atoms with E-state index in [1.165, 1.54) is 25.3 Å². The lowest BCUT2D eigenvalue weighted by atomic mass is 10.2. The number of benzene rings is 1. The van der Waals surface area contributed by atoms with Crippen molar-refractivity contribution in [2.45, 2.75) is 0 Å². The van der Waals surface area contributed by atoms with E-state index in [9.17, 15) is 13.2 Å². The zero-order valence-electron chi connectivity index (χ0n) is 9.84. The summed E-state index contributed by atoms with van der Waals surface area (Å²) in [6.45, 7) is 0.329. The highest BCUT2D eigenvalue weighted by molar-refractivity contribution is 7.90. The number of anilines is 1. The van der Waals surface area contributed by atoms with E-state index in [4.69, 9.17) is 5.73 Å². The molecule has 18 heavy (non-hydrogen) atoms. The summed E-state index contributed by atoms with van der Waals surface area (Å²) >= 11 is 0. The van der Waals surface area contributed by atoms with Gasteiger partial charge < -0.3 is 10.5 Å². The van der Waals surface area contributed by atoms with Crippen LogP contribution in [0.3, 0.4) is 0 Å². The molecule has 0 bridgehead atoms. The van der Waals surface area contributed by atoms with Crippen molar-refractivity contribution < 1.29 is 17.9 Å². The number of rotatable bonds is 6. The fourth-order valence-corrected chi connectivity index (χ4v) is 2.11. The van der Waals surface area contributed by atoms with Gasteiger partial charge in [0.2, 0.25) is 0 Å². The molecule has 0 spiro atoms. The standard InChI is InChI=1S/C10H15N3O4S/c1-17-10(14)8-3-2-4-9(7-8)13-18(15,16)12-6-5-11/h2-4,7,12-13H,5-6,11H2,1H3. The van der Waals surface area contributed by atoms with Crippen molar-refractivity contribution in [1.29, 1.82) is 0 Å². The van der Waals surface area contributed by atoms with Gasteiger partial charge in [-0.25, -0.2) is 4.79 Å². The maximum absolute atomic E-state index is 11.5. The van der Waals surface area contributed by atoms with Crippen LogP contribution in [0, 0.1) is 0 Å². The fraction of sp³-hybridized carbons (Fsp3) is 0.300. The second-order valence-corrected chi connectivity index (χ2v) is 4.86. The van der Waals surface area contributed by atoms with Crippen molar-refractivity contribution in [3.05, 3.63) is 29.8 Å². The Morgan fingerprint density at radius 2 is 2.17 bits per heavy atom. The smallest absolute Gasteiger partial charge is 0.337 e. The Labute approximate surface area is 106 Å². The van der Waals surface area contributed by atoms with E-state index in [-0.39, 0.29) is 24.3 Å². The van der Waals surface area contributed by atoms with Crippen LogP contribution in [-0.2, 0) is 14.9 Å². The monoisotopic (exact) mass is 273 g/mol. The second-order valence-electron chi connectivity index (χ2n) is 3.36. The molecule has 7 nitrogen and oxygen atoms in total. The SMILES string of the molecule is COC(=O)c1cccc(NS(=O)(=O)NCCN)c1. The van der Waals surface area contributed by atoms with Crippen molar-refractivity contribution in [1.82, 2.24) is 4.72 Å². The molecule has 1 aromatic rings. The molecule has 0 atom stereocenters. The molecule has 0 aliphatic heterocycles. The summed E-state index contributed by atoms with van der Waals surface area (Å²) in [4.78, 5) is 11.3. The van der Waals surface area contributed by atoms with E-state index < -0.39 is 16.2 Å². The summed E-state index contributed by atoms with van der Waals surface area (Å²) in [6, 6.07) is 5.98. The first-order chi connectivity index (χ1) is 8.48. The molecule has 1 rings (SSSR count). The average molecular weight is 273 g/mol. The first kappa shape index (κ1) is 14.4. The van der Waals surface area contributed by atoms with Crippen LogP contribution in [0.15, 0.2) is 24.3 Å². The minimum absolute atomic E-state index is 0.131. The number of hydrogen-bond donors (Lipinski definition) is 3. The van der Waals surface area contributed by atoms with Crippen molar-refractivity contribution in [2.24, 2.45) is 5.73 Å². The molecule has 0 aliphatic carbocycles. The molecule has 1 aromatic carbocycles. The van der Waals surface area contributed by atoms with Gasteiger partial charge in [0, 0.05) is 13.1 Å². The molecule has 0 aliphatic rings. The minimum atomic E-state index is -3.68. The Kier molecular flexibility index (Phi) is 5.08. The molecule has 0 heterocycles. The van der Waals surface area contributed by atoms with E-state index >= 15 is 0 Å². The predicted octanol–water partition coefficient (Wildman–Crippen LogP) is -0.322. The zero-order chi connectivity index (χ0) is 13.6. The average Bonchev–Trinajstić information content (AvgIpc) is 2.35. The molecule has 4 N–H and O–H groups in total. The van der Waals surface area contributed by atoms with E-state index in [1.54, 1.807) is 6.07 Å². The van der Waals surface area contributed by atoms with E-state index in [0.717, 1.165) is 0 Å². The maximum atomic E-state index is 11.5. The summed E-state index contributed by atoms with van der Waals surface area (Å²) in [5, 5.41) is 0. The summed E-state index contributed by atoms with van der Waals surface area (Å²) < 4.78 is 32.1. The molecule has 0 unspecified atom stereocenters. The van der Waals surface area contributed by atoms with Gasteiger partial charge in [0.05, 0.1) is 18.4 Å². The summed E-state index contributed by atoms with van der Waals surface area (Å²) in [6.07, 6.45) is 0. The first-order valence-electron chi connectivity index (χ1n) is 5.14. The Bertz CT molecular complexity index is 516. The lowest BCUT2D eigenvalue weighted by molar-refractivity contribution is 0.0601. The Morgan fingerprint density at radius 3 is 2.78 bits per heavy atom. The van der Waals surface area contributed by atoms with Crippen molar-refractivity contribution in [3.63, 3.8) is 0 Å². The van der Waals surface area contributed by atoms with Crippen LogP contribution < -0.4 is 15.2 Å². The Morgan fingerprint density at radius 1 is 1.44 bits per heavy atom. The lowest BCUT2D eigenvalue weighted by Gasteiger charge is -2.09. The van der Waals surface area contributed by atoms with Crippen LogP contribution in [0.4, 0.5) is 5.69 Å². The largest absolute Gasteiger partial charge is 0.465 e.